The van der Waals surface area contributed by atoms with Crippen LogP contribution in [0.2, 0.25) is 0 Å². The van der Waals surface area contributed by atoms with Gasteiger partial charge in [-0.3, -0.25) is 4.79 Å². The molecule has 0 fully saturated rings. The Morgan fingerprint density at radius 2 is 2.09 bits per heavy atom. The van der Waals surface area contributed by atoms with Crippen LogP contribution in [0.1, 0.15) is 37.8 Å². The van der Waals surface area contributed by atoms with E-state index in [4.69, 9.17) is 0 Å². The Bertz CT molecular complexity index is 684. The predicted molar refractivity (Wildman–Crippen MR) is 90.8 cm³/mol. The summed E-state index contributed by atoms with van der Waals surface area (Å²) in [5.74, 6) is 0.275. The molecule has 1 heterocycles. The van der Waals surface area contributed by atoms with Crippen molar-refractivity contribution < 1.29 is 4.79 Å². The molecule has 0 aliphatic carbocycles. The topological polar surface area (TPSA) is 72.2 Å². The van der Waals surface area contributed by atoms with Gasteiger partial charge in [0.25, 0.3) is 5.91 Å². The zero-order valence-corrected chi connectivity index (χ0v) is 13.6. The van der Waals surface area contributed by atoms with Gasteiger partial charge in [0.15, 0.2) is 0 Å². The van der Waals surface area contributed by atoms with Crippen LogP contribution >= 0.6 is 0 Å². The van der Waals surface area contributed by atoms with E-state index in [1.807, 2.05) is 13.0 Å². The van der Waals surface area contributed by atoms with E-state index in [-0.39, 0.29) is 12.5 Å². The Balaban J connectivity index is 1.87. The number of amides is 1. The van der Waals surface area contributed by atoms with Gasteiger partial charge >= 0.3 is 0 Å². The number of hydrogen-bond acceptors (Lipinski definition) is 4. The molecule has 1 aromatic heterocycles. The lowest BCUT2D eigenvalue weighted by Crippen LogP contribution is -2.23. The van der Waals surface area contributed by atoms with Crippen molar-refractivity contribution in [2.75, 3.05) is 0 Å². The summed E-state index contributed by atoms with van der Waals surface area (Å²) in [5, 5.41) is 7.80. The predicted octanol–water partition coefficient (Wildman–Crippen LogP) is 2.61. The molecular formula is C17H21N5O. The monoisotopic (exact) mass is 311 g/mol. The van der Waals surface area contributed by atoms with Crippen molar-refractivity contribution in [1.82, 2.24) is 20.2 Å². The zero-order chi connectivity index (χ0) is 16.7. The third kappa shape index (κ3) is 5.50. The highest BCUT2D eigenvalue weighted by Gasteiger charge is 2.01. The van der Waals surface area contributed by atoms with Crippen molar-refractivity contribution in [2.24, 2.45) is 5.10 Å². The molecule has 0 saturated carbocycles. The van der Waals surface area contributed by atoms with Gasteiger partial charge in [-0.15, -0.1) is 0 Å². The Kier molecular flexibility index (Phi) is 5.80. The number of carbonyl (C=O) groups excluding carboxylic acids is 1. The molecule has 1 aromatic carbocycles. The molecule has 2 rings (SSSR count). The maximum absolute atomic E-state index is 11.6. The third-order valence-electron chi connectivity index (χ3n) is 3.23. The van der Waals surface area contributed by atoms with Gasteiger partial charge in [-0.25, -0.2) is 15.1 Å². The lowest BCUT2D eigenvalue weighted by molar-refractivity contribution is -0.121. The number of rotatable bonds is 6. The van der Waals surface area contributed by atoms with Crippen LogP contribution in [0, 0.1) is 0 Å². The van der Waals surface area contributed by atoms with Gasteiger partial charge in [-0.1, -0.05) is 44.2 Å². The summed E-state index contributed by atoms with van der Waals surface area (Å²) in [4.78, 5) is 15.4. The van der Waals surface area contributed by atoms with Crippen molar-refractivity contribution in [3.05, 3.63) is 53.6 Å². The second-order valence-corrected chi connectivity index (χ2v) is 5.60. The van der Waals surface area contributed by atoms with Gasteiger partial charge in [0.05, 0.1) is 6.21 Å². The number of allylic oxidation sites excluding steroid dienone is 1. The maximum atomic E-state index is 11.6. The van der Waals surface area contributed by atoms with Gasteiger partial charge in [-0.2, -0.15) is 10.2 Å². The molecule has 1 amide bonds. The average molecular weight is 311 g/mol. The van der Waals surface area contributed by atoms with Crippen molar-refractivity contribution in [1.29, 1.82) is 0 Å². The summed E-state index contributed by atoms with van der Waals surface area (Å²) in [7, 11) is 0. The lowest BCUT2D eigenvalue weighted by Gasteiger charge is -2.05. The summed E-state index contributed by atoms with van der Waals surface area (Å²) in [6.07, 6.45) is 6.50. The van der Waals surface area contributed by atoms with Gasteiger partial charge in [0.1, 0.15) is 19.2 Å². The maximum Gasteiger partial charge on any atom is 0.261 e. The van der Waals surface area contributed by atoms with E-state index in [0.717, 1.165) is 11.1 Å². The highest BCUT2D eigenvalue weighted by atomic mass is 16.2. The second-order valence-electron chi connectivity index (χ2n) is 5.60. The van der Waals surface area contributed by atoms with Crippen LogP contribution in [0.4, 0.5) is 0 Å². The van der Waals surface area contributed by atoms with E-state index in [0.29, 0.717) is 5.92 Å². The van der Waals surface area contributed by atoms with Crippen molar-refractivity contribution in [3.63, 3.8) is 0 Å². The van der Waals surface area contributed by atoms with E-state index in [9.17, 15) is 4.79 Å². The smallest absolute Gasteiger partial charge is 0.261 e. The third-order valence-corrected chi connectivity index (χ3v) is 3.23. The summed E-state index contributed by atoms with van der Waals surface area (Å²) >= 11 is 0. The number of hydrazone groups is 1. The molecule has 120 valence electrons. The van der Waals surface area contributed by atoms with E-state index in [1.165, 1.54) is 22.9 Å². The number of benzene rings is 1. The number of carbonyl (C=O) groups is 1. The number of hydrogen-bond donors (Lipinski definition) is 1. The molecule has 6 nitrogen and oxygen atoms in total. The highest BCUT2D eigenvalue weighted by Crippen LogP contribution is 2.15. The second kappa shape index (κ2) is 8.03. The molecule has 0 aliphatic heterocycles. The van der Waals surface area contributed by atoms with Crippen LogP contribution in [-0.4, -0.2) is 26.9 Å². The molecule has 0 aliphatic rings. The number of nitrogens with zero attached hydrogens (tertiary/aromatic N) is 4. The average Bonchev–Trinajstić information content (AvgIpc) is 3.00. The molecular weight excluding hydrogens is 290 g/mol. The molecule has 0 saturated heterocycles. The van der Waals surface area contributed by atoms with Crippen LogP contribution in [0.25, 0.3) is 6.08 Å². The minimum absolute atomic E-state index is 0.0940. The molecule has 0 spiro atoms. The summed E-state index contributed by atoms with van der Waals surface area (Å²) in [6, 6.07) is 8.41. The van der Waals surface area contributed by atoms with Gasteiger partial charge in [0, 0.05) is 0 Å². The fourth-order valence-corrected chi connectivity index (χ4v) is 1.98. The highest BCUT2D eigenvalue weighted by molar-refractivity contribution is 5.86. The number of nitrogens with one attached hydrogen (secondary N) is 1. The molecule has 2 aromatic rings. The molecule has 0 bridgehead atoms. The van der Waals surface area contributed by atoms with Crippen molar-refractivity contribution >= 4 is 18.2 Å². The first-order valence-electron chi connectivity index (χ1n) is 7.47. The molecule has 0 atom stereocenters. The zero-order valence-electron chi connectivity index (χ0n) is 13.6. The largest absolute Gasteiger partial charge is 0.271 e. The quantitative estimate of drug-likeness (QED) is 0.658. The molecule has 6 heteroatoms. The fourth-order valence-electron chi connectivity index (χ4n) is 1.98. The van der Waals surface area contributed by atoms with E-state index >= 15 is 0 Å². The van der Waals surface area contributed by atoms with Crippen LogP contribution in [0.5, 0.6) is 0 Å². The van der Waals surface area contributed by atoms with Gasteiger partial charge in [-0.05, 0) is 29.5 Å². The number of aromatic nitrogens is 3. The lowest BCUT2D eigenvalue weighted by atomic mass is 10.0. The van der Waals surface area contributed by atoms with Crippen molar-refractivity contribution in [3.8, 4) is 0 Å². The first kappa shape index (κ1) is 16.6. The first-order valence-corrected chi connectivity index (χ1v) is 7.47. The first-order chi connectivity index (χ1) is 11.0. The van der Waals surface area contributed by atoms with Crippen LogP contribution in [0.3, 0.4) is 0 Å². The Labute approximate surface area is 135 Å². The minimum Gasteiger partial charge on any atom is -0.271 e. The van der Waals surface area contributed by atoms with E-state index in [1.54, 1.807) is 6.21 Å². The Morgan fingerprint density at radius 3 is 2.70 bits per heavy atom. The molecule has 0 radical (unpaired) electrons. The minimum atomic E-state index is -0.249. The van der Waals surface area contributed by atoms with E-state index < -0.39 is 0 Å². The Hall–Kier alpha value is -2.76. The normalized spacial score (nSPS) is 12.1. The van der Waals surface area contributed by atoms with Gasteiger partial charge < -0.3 is 0 Å². The summed E-state index contributed by atoms with van der Waals surface area (Å²) < 4.78 is 1.43. The van der Waals surface area contributed by atoms with E-state index in [2.05, 4.69) is 58.7 Å². The van der Waals surface area contributed by atoms with Crippen LogP contribution < -0.4 is 5.43 Å². The standard InChI is InChI=1S/C17H21N5O/c1-13(2)16-6-4-15(5-7-16)8-14(3)9-19-21-17(23)10-22-12-18-11-20-22/h4-9,11-13H,10H2,1-3H3,(H,21,23). The van der Waals surface area contributed by atoms with Gasteiger partial charge in [0.2, 0.25) is 0 Å². The summed E-state index contributed by atoms with van der Waals surface area (Å²) in [6.45, 7) is 6.37. The Morgan fingerprint density at radius 1 is 1.35 bits per heavy atom. The summed E-state index contributed by atoms with van der Waals surface area (Å²) in [5.41, 5.74) is 5.83. The van der Waals surface area contributed by atoms with Crippen LogP contribution in [0.15, 0.2) is 47.6 Å². The van der Waals surface area contributed by atoms with Crippen LogP contribution in [-0.2, 0) is 11.3 Å². The molecule has 23 heavy (non-hydrogen) atoms. The van der Waals surface area contributed by atoms with Crippen molar-refractivity contribution in [2.45, 2.75) is 33.2 Å². The molecule has 1 N–H and O–H groups in total. The SMILES string of the molecule is CC(C=NNC(=O)Cn1cncn1)=Cc1ccc(C(C)C)cc1. The molecule has 0 unspecified atom stereocenters. The fraction of sp³-hybridized carbons (Fsp3) is 0.294.